The van der Waals surface area contributed by atoms with E-state index in [0.717, 1.165) is 48.0 Å². The number of halogens is 1. The Bertz CT molecular complexity index is 1120. The molecule has 5 heteroatoms. The molecule has 3 atom stereocenters. The molecule has 0 radical (unpaired) electrons. The van der Waals surface area contributed by atoms with Gasteiger partial charge in [-0.2, -0.15) is 0 Å². The number of benzene rings is 2. The predicted octanol–water partition coefficient (Wildman–Crippen LogP) is 6.15. The van der Waals surface area contributed by atoms with Crippen molar-refractivity contribution in [1.82, 2.24) is 5.32 Å². The van der Waals surface area contributed by atoms with Gasteiger partial charge in [-0.15, -0.1) is 0 Å². The molecule has 0 heterocycles. The molecular weight excluding hydrogens is 417 g/mol. The lowest BCUT2D eigenvalue weighted by molar-refractivity contribution is -0.144. The van der Waals surface area contributed by atoms with Gasteiger partial charge in [0.15, 0.2) is 6.61 Å². The molecule has 2 aromatic rings. The third kappa shape index (κ3) is 5.36. The first-order valence-electron chi connectivity index (χ1n) is 11.7. The topological polar surface area (TPSA) is 47.6 Å². The zero-order valence-electron chi connectivity index (χ0n) is 19.6. The van der Waals surface area contributed by atoms with Gasteiger partial charge in [0, 0.05) is 17.5 Å². The van der Waals surface area contributed by atoms with Gasteiger partial charge in [-0.3, -0.25) is 0 Å². The molecule has 4 rings (SSSR count). The molecule has 0 saturated heterocycles. The van der Waals surface area contributed by atoms with E-state index in [4.69, 9.17) is 4.74 Å². The summed E-state index contributed by atoms with van der Waals surface area (Å²) in [7, 11) is 1.36. The highest BCUT2D eigenvalue weighted by Gasteiger charge is 2.28. The standard InChI is InChI=1S/C28H32FNO3/c1-18-10-11-20(13-15-27(18)33-17-28(31)32-3)21-12-14-22(16-21)30-19(2)23-6-4-8-25-24(23)7-5-9-26(25)29/h4-9,11,13,15,19,21-22,30H,10,12,14,16-17H2,1-3H3/t19-,21-,22?/m1/s1. The summed E-state index contributed by atoms with van der Waals surface area (Å²) in [6.07, 6.45) is 10.5. The van der Waals surface area contributed by atoms with Crippen LogP contribution in [0, 0.1) is 11.7 Å². The summed E-state index contributed by atoms with van der Waals surface area (Å²) in [6, 6.07) is 11.7. The highest BCUT2D eigenvalue weighted by atomic mass is 19.1. The smallest absolute Gasteiger partial charge is 0.343 e. The van der Waals surface area contributed by atoms with Gasteiger partial charge in [-0.25, -0.2) is 9.18 Å². The second-order valence-corrected chi connectivity index (χ2v) is 9.03. The van der Waals surface area contributed by atoms with E-state index >= 15 is 0 Å². The third-order valence-electron chi connectivity index (χ3n) is 6.82. The molecule has 174 valence electrons. The Balaban J connectivity index is 1.38. The minimum atomic E-state index is -0.381. The van der Waals surface area contributed by atoms with Crippen LogP contribution in [-0.4, -0.2) is 25.7 Å². The first kappa shape index (κ1) is 23.2. The highest BCUT2D eigenvalue weighted by Crippen LogP contribution is 2.36. The Labute approximate surface area is 195 Å². The number of methoxy groups -OCH3 is 1. The third-order valence-corrected chi connectivity index (χ3v) is 6.82. The van der Waals surface area contributed by atoms with Gasteiger partial charge in [0.25, 0.3) is 0 Å². The fraction of sp³-hybridized carbons (Fsp3) is 0.393. The first-order chi connectivity index (χ1) is 16.0. The second-order valence-electron chi connectivity index (χ2n) is 9.03. The van der Waals surface area contributed by atoms with Crippen molar-refractivity contribution < 1.29 is 18.7 Å². The van der Waals surface area contributed by atoms with Crippen molar-refractivity contribution in [3.63, 3.8) is 0 Å². The van der Waals surface area contributed by atoms with E-state index in [1.54, 1.807) is 6.07 Å². The number of esters is 1. The van der Waals surface area contributed by atoms with Crippen LogP contribution in [0.5, 0.6) is 0 Å². The fourth-order valence-corrected chi connectivity index (χ4v) is 4.98. The maximum Gasteiger partial charge on any atom is 0.343 e. The second kappa shape index (κ2) is 10.3. The van der Waals surface area contributed by atoms with Gasteiger partial charge in [-0.1, -0.05) is 42.5 Å². The molecule has 0 bridgehead atoms. The summed E-state index contributed by atoms with van der Waals surface area (Å²) in [5.74, 6) is 0.682. The normalized spacial score (nSPS) is 21.6. The molecule has 1 unspecified atom stereocenters. The summed E-state index contributed by atoms with van der Waals surface area (Å²) >= 11 is 0. The van der Waals surface area contributed by atoms with Crippen LogP contribution >= 0.6 is 0 Å². The molecule has 0 aliphatic heterocycles. The van der Waals surface area contributed by atoms with E-state index in [1.807, 2.05) is 31.2 Å². The van der Waals surface area contributed by atoms with Gasteiger partial charge in [-0.05, 0) is 79.7 Å². The van der Waals surface area contributed by atoms with Gasteiger partial charge < -0.3 is 14.8 Å². The molecule has 1 fully saturated rings. The van der Waals surface area contributed by atoms with Crippen molar-refractivity contribution in [2.24, 2.45) is 5.92 Å². The zero-order valence-corrected chi connectivity index (χ0v) is 19.6. The SMILES string of the molecule is COC(=O)COC1=C(C)CC=C([C@@H]2CCC(N[C@H](C)c3cccc4c(F)cccc34)C2)C=C1. The highest BCUT2D eigenvalue weighted by molar-refractivity contribution is 5.86. The van der Waals surface area contributed by atoms with Crippen molar-refractivity contribution in [2.75, 3.05) is 13.7 Å². The van der Waals surface area contributed by atoms with Crippen LogP contribution in [0.1, 0.15) is 51.1 Å². The minimum Gasteiger partial charge on any atom is -0.482 e. The van der Waals surface area contributed by atoms with Crippen molar-refractivity contribution in [2.45, 2.75) is 51.6 Å². The molecule has 1 saturated carbocycles. The summed E-state index contributed by atoms with van der Waals surface area (Å²) in [5, 5.41) is 5.44. The number of rotatable bonds is 7. The Hall–Kier alpha value is -2.92. The lowest BCUT2D eigenvalue weighted by Gasteiger charge is -2.22. The Morgan fingerprint density at radius 3 is 2.76 bits per heavy atom. The summed E-state index contributed by atoms with van der Waals surface area (Å²) < 4.78 is 24.5. The monoisotopic (exact) mass is 449 g/mol. The first-order valence-corrected chi connectivity index (χ1v) is 11.7. The molecule has 4 nitrogen and oxygen atoms in total. The summed E-state index contributed by atoms with van der Waals surface area (Å²) in [6.45, 7) is 4.12. The lowest BCUT2D eigenvalue weighted by atomic mass is 9.95. The summed E-state index contributed by atoms with van der Waals surface area (Å²) in [4.78, 5) is 11.4. The van der Waals surface area contributed by atoms with E-state index in [9.17, 15) is 9.18 Å². The van der Waals surface area contributed by atoms with Crippen LogP contribution in [0.3, 0.4) is 0 Å². The quantitative estimate of drug-likeness (QED) is 0.515. The van der Waals surface area contributed by atoms with E-state index in [0.29, 0.717) is 17.3 Å². The molecule has 33 heavy (non-hydrogen) atoms. The number of hydrogen-bond acceptors (Lipinski definition) is 4. The molecule has 0 spiro atoms. The largest absolute Gasteiger partial charge is 0.482 e. The van der Waals surface area contributed by atoms with E-state index in [2.05, 4.69) is 35.2 Å². The number of carbonyl (C=O) groups excluding carboxylic acids is 1. The van der Waals surface area contributed by atoms with Crippen molar-refractivity contribution >= 4 is 16.7 Å². The predicted molar refractivity (Wildman–Crippen MR) is 129 cm³/mol. The van der Waals surface area contributed by atoms with Gasteiger partial charge >= 0.3 is 5.97 Å². The van der Waals surface area contributed by atoms with Crippen LogP contribution in [0.25, 0.3) is 10.8 Å². The number of nitrogens with one attached hydrogen (secondary N) is 1. The maximum absolute atomic E-state index is 14.2. The fourth-order valence-electron chi connectivity index (χ4n) is 4.98. The number of fused-ring (bicyclic) bond motifs is 1. The number of allylic oxidation sites excluding steroid dienone is 5. The van der Waals surface area contributed by atoms with Gasteiger partial charge in [0.1, 0.15) is 11.6 Å². The average molecular weight is 450 g/mol. The number of ether oxygens (including phenoxy) is 2. The van der Waals surface area contributed by atoms with Crippen LogP contribution < -0.4 is 5.32 Å². The average Bonchev–Trinajstić information content (AvgIpc) is 3.20. The molecule has 2 aromatic carbocycles. The minimum absolute atomic E-state index is 0.0752. The Morgan fingerprint density at radius 1 is 1.15 bits per heavy atom. The summed E-state index contributed by atoms with van der Waals surface area (Å²) in [5.41, 5.74) is 3.57. The van der Waals surface area contributed by atoms with E-state index in [-0.39, 0.29) is 24.4 Å². The Kier molecular flexibility index (Phi) is 7.29. The van der Waals surface area contributed by atoms with Crippen molar-refractivity contribution in [3.05, 3.63) is 82.9 Å². The van der Waals surface area contributed by atoms with Crippen LogP contribution in [0.4, 0.5) is 4.39 Å². The molecule has 2 aliphatic rings. The molecule has 0 amide bonds. The van der Waals surface area contributed by atoms with E-state index in [1.165, 1.54) is 18.7 Å². The van der Waals surface area contributed by atoms with Crippen molar-refractivity contribution in [1.29, 1.82) is 0 Å². The van der Waals surface area contributed by atoms with Crippen molar-refractivity contribution in [3.8, 4) is 0 Å². The lowest BCUT2D eigenvalue weighted by Crippen LogP contribution is -2.29. The zero-order chi connectivity index (χ0) is 23.4. The Morgan fingerprint density at radius 2 is 1.94 bits per heavy atom. The molecule has 2 aliphatic carbocycles. The van der Waals surface area contributed by atoms with Gasteiger partial charge in [0.2, 0.25) is 0 Å². The van der Waals surface area contributed by atoms with E-state index < -0.39 is 0 Å². The van der Waals surface area contributed by atoms with Crippen LogP contribution in [0.15, 0.2) is 71.5 Å². The van der Waals surface area contributed by atoms with Gasteiger partial charge in [0.05, 0.1) is 7.11 Å². The number of carbonyl (C=O) groups is 1. The molecule has 0 aromatic heterocycles. The van der Waals surface area contributed by atoms with Crippen LogP contribution in [-0.2, 0) is 14.3 Å². The molecule has 1 N–H and O–H groups in total. The van der Waals surface area contributed by atoms with Crippen LogP contribution in [0.2, 0.25) is 0 Å². The maximum atomic E-state index is 14.2. The molecular formula is C28H32FNO3. The number of hydrogen-bond donors (Lipinski definition) is 1.